The number of rotatable bonds is 1. The number of morpholine rings is 1. The lowest BCUT2D eigenvalue weighted by Crippen LogP contribution is -2.40. The van der Waals surface area contributed by atoms with E-state index in [1.54, 1.807) is 23.4 Å². The van der Waals surface area contributed by atoms with Gasteiger partial charge in [0.15, 0.2) is 0 Å². The van der Waals surface area contributed by atoms with Gasteiger partial charge in [0.2, 0.25) is 0 Å². The van der Waals surface area contributed by atoms with Crippen LogP contribution in [0.3, 0.4) is 0 Å². The standard InChI is InChI=1S/C12H12N2O2/c1-2-10-7-11(9-13-8-10)12(15)14-3-5-16-6-4-14/h1,7-9H,3-6H2. The van der Waals surface area contributed by atoms with Gasteiger partial charge in [0.25, 0.3) is 5.91 Å². The van der Waals surface area contributed by atoms with Crippen LogP contribution in [-0.2, 0) is 4.74 Å². The first-order chi connectivity index (χ1) is 7.81. The molecule has 0 aliphatic carbocycles. The van der Waals surface area contributed by atoms with E-state index in [9.17, 15) is 4.79 Å². The average Bonchev–Trinajstić information content (AvgIpc) is 2.39. The molecular weight excluding hydrogens is 204 g/mol. The molecule has 0 radical (unpaired) electrons. The highest BCUT2D eigenvalue weighted by atomic mass is 16.5. The van der Waals surface area contributed by atoms with Gasteiger partial charge in [-0.1, -0.05) is 5.92 Å². The number of carbonyl (C=O) groups excluding carboxylic acids is 1. The Balaban J connectivity index is 2.16. The maximum Gasteiger partial charge on any atom is 0.255 e. The molecule has 1 aliphatic heterocycles. The van der Waals surface area contributed by atoms with E-state index in [1.807, 2.05) is 0 Å². The monoisotopic (exact) mass is 216 g/mol. The van der Waals surface area contributed by atoms with Gasteiger partial charge in [-0.05, 0) is 6.07 Å². The summed E-state index contributed by atoms with van der Waals surface area (Å²) in [6.45, 7) is 2.43. The average molecular weight is 216 g/mol. The quantitative estimate of drug-likeness (QED) is 0.643. The molecule has 0 bridgehead atoms. The minimum atomic E-state index is -0.0344. The zero-order valence-electron chi connectivity index (χ0n) is 8.85. The van der Waals surface area contributed by atoms with Gasteiger partial charge in [0, 0.05) is 31.0 Å². The fraction of sp³-hybridized carbons (Fsp3) is 0.333. The Kier molecular flexibility index (Phi) is 3.18. The van der Waals surface area contributed by atoms with Crippen molar-refractivity contribution < 1.29 is 9.53 Å². The number of hydrogen-bond donors (Lipinski definition) is 0. The van der Waals surface area contributed by atoms with Crippen molar-refractivity contribution in [2.75, 3.05) is 26.3 Å². The van der Waals surface area contributed by atoms with Gasteiger partial charge in [0.05, 0.1) is 18.8 Å². The second-order valence-electron chi connectivity index (χ2n) is 3.51. The predicted octanol–water partition coefficient (Wildman–Crippen LogP) is 0.535. The van der Waals surface area contributed by atoms with Crippen LogP contribution in [0.1, 0.15) is 15.9 Å². The number of ether oxygens (including phenoxy) is 1. The second-order valence-corrected chi connectivity index (χ2v) is 3.51. The van der Waals surface area contributed by atoms with E-state index in [4.69, 9.17) is 11.2 Å². The van der Waals surface area contributed by atoms with Crippen molar-refractivity contribution in [2.24, 2.45) is 0 Å². The highest BCUT2D eigenvalue weighted by Gasteiger charge is 2.18. The van der Waals surface area contributed by atoms with Crippen molar-refractivity contribution in [3.63, 3.8) is 0 Å². The summed E-state index contributed by atoms with van der Waals surface area (Å²) in [6.07, 6.45) is 8.37. The molecule has 1 saturated heterocycles. The summed E-state index contributed by atoms with van der Waals surface area (Å²) in [4.78, 5) is 17.7. The molecule has 1 aliphatic rings. The van der Waals surface area contributed by atoms with Crippen LogP contribution in [0.5, 0.6) is 0 Å². The van der Waals surface area contributed by atoms with Gasteiger partial charge in [0.1, 0.15) is 0 Å². The zero-order valence-corrected chi connectivity index (χ0v) is 8.85. The molecule has 2 rings (SSSR count). The molecule has 16 heavy (non-hydrogen) atoms. The van der Waals surface area contributed by atoms with Crippen LogP contribution in [0.4, 0.5) is 0 Å². The summed E-state index contributed by atoms with van der Waals surface area (Å²) in [7, 11) is 0. The SMILES string of the molecule is C#Cc1cncc(C(=O)N2CCOCC2)c1. The molecule has 0 N–H and O–H groups in total. The Hall–Kier alpha value is -1.86. The van der Waals surface area contributed by atoms with Crippen LogP contribution in [0, 0.1) is 12.3 Å². The van der Waals surface area contributed by atoms with Gasteiger partial charge in [-0.3, -0.25) is 9.78 Å². The van der Waals surface area contributed by atoms with E-state index < -0.39 is 0 Å². The highest BCUT2D eigenvalue weighted by Crippen LogP contribution is 2.07. The molecule has 0 saturated carbocycles. The Labute approximate surface area is 94.2 Å². The fourth-order valence-electron chi connectivity index (χ4n) is 1.58. The van der Waals surface area contributed by atoms with Crippen molar-refractivity contribution in [1.29, 1.82) is 0 Å². The van der Waals surface area contributed by atoms with Gasteiger partial charge >= 0.3 is 0 Å². The number of hydrogen-bond acceptors (Lipinski definition) is 3. The lowest BCUT2D eigenvalue weighted by molar-refractivity contribution is 0.0302. The molecule has 2 heterocycles. The molecule has 0 unspecified atom stereocenters. The molecule has 4 heteroatoms. The Morgan fingerprint density at radius 1 is 1.44 bits per heavy atom. The normalized spacial score (nSPS) is 15.6. The molecule has 0 spiro atoms. The van der Waals surface area contributed by atoms with Crippen LogP contribution >= 0.6 is 0 Å². The number of nitrogens with zero attached hydrogens (tertiary/aromatic N) is 2. The number of carbonyl (C=O) groups is 1. The summed E-state index contributed by atoms with van der Waals surface area (Å²) >= 11 is 0. The van der Waals surface area contributed by atoms with Crippen LogP contribution in [0.2, 0.25) is 0 Å². The molecule has 0 atom stereocenters. The first-order valence-corrected chi connectivity index (χ1v) is 5.10. The van der Waals surface area contributed by atoms with Gasteiger partial charge in [-0.25, -0.2) is 0 Å². The molecule has 1 amide bonds. The van der Waals surface area contributed by atoms with E-state index in [0.717, 1.165) is 0 Å². The Morgan fingerprint density at radius 2 is 2.19 bits per heavy atom. The summed E-state index contributed by atoms with van der Waals surface area (Å²) in [5.41, 5.74) is 1.16. The third kappa shape index (κ3) is 2.20. The van der Waals surface area contributed by atoms with Crippen LogP contribution in [0.15, 0.2) is 18.5 Å². The van der Waals surface area contributed by atoms with Crippen molar-refractivity contribution >= 4 is 5.91 Å². The number of pyridine rings is 1. The molecule has 1 aromatic rings. The summed E-state index contributed by atoms with van der Waals surface area (Å²) in [5.74, 6) is 2.43. The molecule has 82 valence electrons. The second kappa shape index (κ2) is 4.77. The maximum absolute atomic E-state index is 12.0. The lowest BCUT2D eigenvalue weighted by Gasteiger charge is -2.26. The lowest BCUT2D eigenvalue weighted by atomic mass is 10.2. The van der Waals surface area contributed by atoms with Crippen LogP contribution in [0.25, 0.3) is 0 Å². The predicted molar refractivity (Wildman–Crippen MR) is 58.9 cm³/mol. The van der Waals surface area contributed by atoms with E-state index in [1.165, 1.54) is 0 Å². The topological polar surface area (TPSA) is 42.4 Å². The molecule has 1 fully saturated rings. The minimum Gasteiger partial charge on any atom is -0.378 e. The van der Waals surface area contributed by atoms with E-state index in [-0.39, 0.29) is 5.91 Å². The van der Waals surface area contributed by atoms with Crippen molar-refractivity contribution in [1.82, 2.24) is 9.88 Å². The van der Waals surface area contributed by atoms with Gasteiger partial charge in [-0.15, -0.1) is 6.42 Å². The van der Waals surface area contributed by atoms with Crippen molar-refractivity contribution in [2.45, 2.75) is 0 Å². The molecule has 0 aromatic carbocycles. The van der Waals surface area contributed by atoms with E-state index in [0.29, 0.717) is 37.4 Å². The number of aromatic nitrogens is 1. The van der Waals surface area contributed by atoms with Crippen molar-refractivity contribution in [3.8, 4) is 12.3 Å². The first kappa shape index (κ1) is 10.7. The highest BCUT2D eigenvalue weighted by molar-refractivity contribution is 5.94. The molecular formula is C12H12N2O2. The fourth-order valence-corrected chi connectivity index (χ4v) is 1.58. The summed E-state index contributed by atoms with van der Waals surface area (Å²) < 4.78 is 5.19. The molecule has 4 nitrogen and oxygen atoms in total. The van der Waals surface area contributed by atoms with Gasteiger partial charge < -0.3 is 9.64 Å². The van der Waals surface area contributed by atoms with E-state index in [2.05, 4.69) is 10.9 Å². The van der Waals surface area contributed by atoms with Crippen LogP contribution in [-0.4, -0.2) is 42.1 Å². The third-order valence-corrected chi connectivity index (χ3v) is 2.45. The van der Waals surface area contributed by atoms with E-state index >= 15 is 0 Å². The third-order valence-electron chi connectivity index (χ3n) is 2.45. The Bertz CT molecular complexity index is 431. The first-order valence-electron chi connectivity index (χ1n) is 5.10. The molecule has 1 aromatic heterocycles. The Morgan fingerprint density at radius 3 is 2.88 bits per heavy atom. The maximum atomic E-state index is 12.0. The van der Waals surface area contributed by atoms with Gasteiger partial charge in [-0.2, -0.15) is 0 Å². The summed E-state index contributed by atoms with van der Waals surface area (Å²) in [5, 5.41) is 0. The van der Waals surface area contributed by atoms with Crippen LogP contribution < -0.4 is 0 Å². The summed E-state index contributed by atoms with van der Waals surface area (Å²) in [6, 6.07) is 1.69. The smallest absolute Gasteiger partial charge is 0.255 e. The number of amides is 1. The minimum absolute atomic E-state index is 0.0344. The largest absolute Gasteiger partial charge is 0.378 e. The number of terminal acetylenes is 1. The van der Waals surface area contributed by atoms with Crippen molar-refractivity contribution in [3.05, 3.63) is 29.6 Å². The zero-order chi connectivity index (χ0) is 11.4.